The Bertz CT molecular complexity index is 893. The van der Waals surface area contributed by atoms with Gasteiger partial charge in [0, 0.05) is 17.1 Å². The molecule has 3 aromatic rings. The maximum atomic E-state index is 12.0. The van der Waals surface area contributed by atoms with Crippen LogP contribution in [-0.2, 0) is 0 Å². The van der Waals surface area contributed by atoms with E-state index in [1.807, 2.05) is 86.6 Å². The lowest BCUT2D eigenvalue weighted by molar-refractivity contribution is 0.234. The molecule has 0 atom stereocenters. The molecule has 3 rings (SSSR count). The number of carbonyl (C=O) groups is 1. The molecule has 0 saturated heterocycles. The Morgan fingerprint density at radius 3 is 2.22 bits per heavy atom. The van der Waals surface area contributed by atoms with Crippen LogP contribution in [0.4, 0.5) is 21.9 Å². The van der Waals surface area contributed by atoms with Crippen molar-refractivity contribution in [2.75, 3.05) is 17.4 Å². The molecule has 0 aliphatic rings. The van der Waals surface area contributed by atoms with E-state index >= 15 is 0 Å². The average molecular weight is 361 g/mol. The molecule has 0 bridgehead atoms. The highest BCUT2D eigenvalue weighted by Gasteiger charge is 2.04. The minimum absolute atomic E-state index is 0.101. The maximum absolute atomic E-state index is 12.0. The third-order valence-corrected chi connectivity index (χ3v) is 4.22. The lowest BCUT2D eigenvalue weighted by atomic mass is 10.1. The molecule has 5 nitrogen and oxygen atoms in total. The molecular weight excluding hydrogens is 338 g/mol. The molecule has 0 aliphatic heterocycles. The lowest BCUT2D eigenvalue weighted by Gasteiger charge is -2.12. The van der Waals surface area contributed by atoms with Crippen molar-refractivity contribution in [1.82, 2.24) is 5.32 Å². The topological polar surface area (TPSA) is 62.4 Å². The molecule has 0 saturated carbocycles. The SMILES string of the molecule is Cc1cccc(OCNC(=O)Nc2ccc(Nc3ccccc3)cc2)c1C. The van der Waals surface area contributed by atoms with Gasteiger partial charge in [-0.1, -0.05) is 30.3 Å². The minimum Gasteiger partial charge on any atom is -0.473 e. The molecule has 0 spiro atoms. The first-order valence-electron chi connectivity index (χ1n) is 8.78. The number of nitrogens with one attached hydrogen (secondary N) is 3. The molecule has 0 heterocycles. The van der Waals surface area contributed by atoms with Crippen LogP contribution >= 0.6 is 0 Å². The Hall–Kier alpha value is -3.47. The van der Waals surface area contributed by atoms with E-state index in [0.717, 1.165) is 28.3 Å². The zero-order chi connectivity index (χ0) is 19.1. The second-order valence-corrected chi connectivity index (χ2v) is 6.19. The number of para-hydroxylation sites is 1. The van der Waals surface area contributed by atoms with Crippen molar-refractivity contribution in [3.05, 3.63) is 83.9 Å². The average Bonchev–Trinajstić information content (AvgIpc) is 2.67. The second kappa shape index (κ2) is 8.76. The van der Waals surface area contributed by atoms with Crippen molar-refractivity contribution >= 4 is 23.1 Å². The van der Waals surface area contributed by atoms with E-state index in [-0.39, 0.29) is 12.8 Å². The first-order chi connectivity index (χ1) is 13.1. The number of ether oxygens (including phenoxy) is 1. The standard InChI is InChI=1S/C22H23N3O2/c1-16-7-6-10-21(17(16)2)27-15-23-22(26)25-20-13-11-19(12-14-20)24-18-8-4-3-5-9-18/h3-14,24H,15H2,1-2H3,(H2,23,25,26). The molecule has 3 aromatic carbocycles. The summed E-state index contributed by atoms with van der Waals surface area (Å²) in [4.78, 5) is 12.0. The van der Waals surface area contributed by atoms with Crippen LogP contribution in [0.1, 0.15) is 11.1 Å². The Kier molecular flexibility index (Phi) is 5.94. The predicted molar refractivity (Wildman–Crippen MR) is 110 cm³/mol. The number of urea groups is 1. The number of hydrogen-bond donors (Lipinski definition) is 3. The summed E-state index contributed by atoms with van der Waals surface area (Å²) >= 11 is 0. The largest absolute Gasteiger partial charge is 0.473 e. The van der Waals surface area contributed by atoms with E-state index in [1.165, 1.54) is 0 Å². The molecule has 138 valence electrons. The molecule has 0 aromatic heterocycles. The van der Waals surface area contributed by atoms with Crippen LogP contribution < -0.4 is 20.7 Å². The van der Waals surface area contributed by atoms with Crippen LogP contribution in [0.3, 0.4) is 0 Å². The summed E-state index contributed by atoms with van der Waals surface area (Å²) in [5, 5.41) is 8.78. The van der Waals surface area contributed by atoms with Gasteiger partial charge in [0.15, 0.2) is 6.73 Å². The Morgan fingerprint density at radius 2 is 1.48 bits per heavy atom. The molecule has 3 N–H and O–H groups in total. The maximum Gasteiger partial charge on any atom is 0.321 e. The van der Waals surface area contributed by atoms with Crippen molar-refractivity contribution in [3.8, 4) is 5.75 Å². The molecule has 0 fully saturated rings. The number of rotatable bonds is 6. The number of benzene rings is 3. The summed E-state index contributed by atoms with van der Waals surface area (Å²) in [5.41, 5.74) is 4.89. The van der Waals surface area contributed by atoms with E-state index in [4.69, 9.17) is 4.74 Å². The molecule has 0 aliphatic carbocycles. The van der Waals surface area contributed by atoms with Gasteiger partial charge in [-0.05, 0) is 67.4 Å². The second-order valence-electron chi connectivity index (χ2n) is 6.19. The zero-order valence-electron chi connectivity index (χ0n) is 15.5. The number of hydrogen-bond acceptors (Lipinski definition) is 3. The van der Waals surface area contributed by atoms with Gasteiger partial charge in [0.05, 0.1) is 0 Å². The van der Waals surface area contributed by atoms with Crippen LogP contribution in [0.25, 0.3) is 0 Å². The Balaban J connectivity index is 1.47. The van der Waals surface area contributed by atoms with Crippen molar-refractivity contribution in [3.63, 3.8) is 0 Å². The third-order valence-electron chi connectivity index (χ3n) is 4.22. The number of amides is 2. The lowest BCUT2D eigenvalue weighted by Crippen LogP contribution is -2.32. The van der Waals surface area contributed by atoms with Crippen molar-refractivity contribution in [1.29, 1.82) is 0 Å². The fourth-order valence-corrected chi connectivity index (χ4v) is 2.56. The van der Waals surface area contributed by atoms with Gasteiger partial charge in [-0.25, -0.2) is 4.79 Å². The van der Waals surface area contributed by atoms with Gasteiger partial charge in [-0.15, -0.1) is 0 Å². The number of carbonyl (C=O) groups excluding carboxylic acids is 1. The van der Waals surface area contributed by atoms with Gasteiger partial charge in [0.25, 0.3) is 0 Å². The first kappa shape index (κ1) is 18.3. The smallest absolute Gasteiger partial charge is 0.321 e. The normalized spacial score (nSPS) is 10.1. The van der Waals surface area contributed by atoms with Crippen LogP contribution in [0.2, 0.25) is 0 Å². The molecule has 2 amide bonds. The Labute approximate surface area is 159 Å². The third kappa shape index (κ3) is 5.25. The summed E-state index contributed by atoms with van der Waals surface area (Å²) in [6.07, 6.45) is 0. The highest BCUT2D eigenvalue weighted by Crippen LogP contribution is 2.20. The van der Waals surface area contributed by atoms with E-state index in [0.29, 0.717) is 5.69 Å². The molecule has 0 unspecified atom stereocenters. The van der Waals surface area contributed by atoms with Crippen LogP contribution in [0.5, 0.6) is 5.75 Å². The van der Waals surface area contributed by atoms with E-state index in [9.17, 15) is 4.79 Å². The first-order valence-corrected chi connectivity index (χ1v) is 8.78. The minimum atomic E-state index is -0.316. The van der Waals surface area contributed by atoms with Crippen molar-refractivity contribution < 1.29 is 9.53 Å². The van der Waals surface area contributed by atoms with Gasteiger partial charge >= 0.3 is 6.03 Å². The van der Waals surface area contributed by atoms with E-state index < -0.39 is 0 Å². The summed E-state index contributed by atoms with van der Waals surface area (Å²) in [6, 6.07) is 23.0. The molecule has 0 radical (unpaired) electrons. The van der Waals surface area contributed by atoms with Crippen LogP contribution in [-0.4, -0.2) is 12.8 Å². The van der Waals surface area contributed by atoms with Crippen LogP contribution in [0.15, 0.2) is 72.8 Å². The quantitative estimate of drug-likeness (QED) is 0.529. The predicted octanol–water partition coefficient (Wildman–Crippen LogP) is 5.21. The van der Waals surface area contributed by atoms with Gasteiger partial charge in [-0.3, -0.25) is 0 Å². The number of anilines is 3. The van der Waals surface area contributed by atoms with Crippen molar-refractivity contribution in [2.24, 2.45) is 0 Å². The highest BCUT2D eigenvalue weighted by molar-refractivity contribution is 5.89. The molecule has 5 heteroatoms. The van der Waals surface area contributed by atoms with Gasteiger partial charge in [0.1, 0.15) is 5.75 Å². The summed E-state index contributed by atoms with van der Waals surface area (Å²) < 4.78 is 5.63. The van der Waals surface area contributed by atoms with E-state index in [1.54, 1.807) is 0 Å². The van der Waals surface area contributed by atoms with Gasteiger partial charge in [-0.2, -0.15) is 0 Å². The van der Waals surface area contributed by atoms with E-state index in [2.05, 4.69) is 16.0 Å². The molecular formula is C22H23N3O2. The van der Waals surface area contributed by atoms with Crippen LogP contribution in [0, 0.1) is 13.8 Å². The Morgan fingerprint density at radius 1 is 0.815 bits per heavy atom. The highest BCUT2D eigenvalue weighted by atomic mass is 16.5. The van der Waals surface area contributed by atoms with Gasteiger partial charge in [0.2, 0.25) is 0 Å². The van der Waals surface area contributed by atoms with Crippen molar-refractivity contribution in [2.45, 2.75) is 13.8 Å². The summed E-state index contributed by atoms with van der Waals surface area (Å²) in [6.45, 7) is 4.12. The monoisotopic (exact) mass is 361 g/mol. The fourth-order valence-electron chi connectivity index (χ4n) is 2.56. The number of aryl methyl sites for hydroxylation is 1. The molecule has 27 heavy (non-hydrogen) atoms. The fraction of sp³-hybridized carbons (Fsp3) is 0.136. The zero-order valence-corrected chi connectivity index (χ0v) is 15.5. The van der Waals surface area contributed by atoms with Gasteiger partial charge < -0.3 is 20.7 Å². The summed E-state index contributed by atoms with van der Waals surface area (Å²) in [7, 11) is 0. The summed E-state index contributed by atoms with van der Waals surface area (Å²) in [5.74, 6) is 0.770.